The SMILES string of the molecule is COC(=O)c1ccc(-c2ncnc(NC3CC(Cc4ncc5ccccc5n4)C3)c2N)cc1. The zero-order chi connectivity index (χ0) is 22.8. The molecule has 0 amide bonds. The van der Waals surface area contributed by atoms with Gasteiger partial charge >= 0.3 is 5.97 Å². The van der Waals surface area contributed by atoms with Crippen LogP contribution in [0.15, 0.2) is 61.1 Å². The molecule has 1 fully saturated rings. The fourth-order valence-corrected chi connectivity index (χ4v) is 4.20. The van der Waals surface area contributed by atoms with E-state index < -0.39 is 0 Å². The quantitative estimate of drug-likeness (QED) is 0.434. The number of nitrogens with two attached hydrogens (primary N) is 1. The minimum Gasteiger partial charge on any atom is -0.465 e. The van der Waals surface area contributed by atoms with Gasteiger partial charge in [-0.2, -0.15) is 0 Å². The van der Waals surface area contributed by atoms with Gasteiger partial charge in [-0.05, 0) is 37.0 Å². The number of anilines is 2. The Labute approximate surface area is 191 Å². The topological polar surface area (TPSA) is 116 Å². The number of carbonyl (C=O) groups excluding carboxylic acids is 1. The van der Waals surface area contributed by atoms with Crippen molar-refractivity contribution in [1.82, 2.24) is 19.9 Å². The molecule has 0 saturated heterocycles. The van der Waals surface area contributed by atoms with Gasteiger partial charge in [-0.1, -0.05) is 30.3 Å². The molecule has 0 atom stereocenters. The number of carbonyl (C=O) groups is 1. The molecule has 8 heteroatoms. The molecule has 1 aliphatic carbocycles. The van der Waals surface area contributed by atoms with Crippen LogP contribution >= 0.6 is 0 Å². The number of hydrogen-bond acceptors (Lipinski definition) is 8. The van der Waals surface area contributed by atoms with Crippen LogP contribution in [-0.4, -0.2) is 39.1 Å². The Morgan fingerprint density at radius 3 is 2.67 bits per heavy atom. The summed E-state index contributed by atoms with van der Waals surface area (Å²) in [7, 11) is 1.36. The molecular weight excluding hydrogens is 416 g/mol. The molecule has 0 aliphatic heterocycles. The van der Waals surface area contributed by atoms with E-state index in [1.54, 1.807) is 24.3 Å². The first-order valence-corrected chi connectivity index (χ1v) is 10.9. The highest BCUT2D eigenvalue weighted by Crippen LogP contribution is 2.35. The van der Waals surface area contributed by atoms with Gasteiger partial charge in [0.15, 0.2) is 5.82 Å². The van der Waals surface area contributed by atoms with Crippen LogP contribution in [0.2, 0.25) is 0 Å². The summed E-state index contributed by atoms with van der Waals surface area (Å²) in [4.78, 5) is 29.5. The minimum atomic E-state index is -0.381. The number of hydrogen-bond donors (Lipinski definition) is 2. The summed E-state index contributed by atoms with van der Waals surface area (Å²) in [6, 6.07) is 15.3. The fraction of sp³-hybridized carbons (Fsp3) is 0.240. The second-order valence-electron chi connectivity index (χ2n) is 8.28. The lowest BCUT2D eigenvalue weighted by Crippen LogP contribution is -2.37. The lowest BCUT2D eigenvalue weighted by atomic mass is 9.78. The Bertz CT molecular complexity index is 1300. The highest BCUT2D eigenvalue weighted by Gasteiger charge is 2.30. The van der Waals surface area contributed by atoms with Crippen LogP contribution in [0, 0.1) is 5.92 Å². The smallest absolute Gasteiger partial charge is 0.337 e. The van der Waals surface area contributed by atoms with Crippen molar-refractivity contribution in [1.29, 1.82) is 0 Å². The Morgan fingerprint density at radius 2 is 1.88 bits per heavy atom. The van der Waals surface area contributed by atoms with Crippen molar-refractivity contribution in [3.8, 4) is 11.3 Å². The van der Waals surface area contributed by atoms with Crippen LogP contribution in [0.3, 0.4) is 0 Å². The molecule has 1 saturated carbocycles. The average Bonchev–Trinajstić information content (AvgIpc) is 2.83. The number of methoxy groups -OCH3 is 1. The van der Waals surface area contributed by atoms with Gasteiger partial charge in [0.25, 0.3) is 0 Å². The first-order valence-electron chi connectivity index (χ1n) is 10.9. The molecule has 4 aromatic rings. The van der Waals surface area contributed by atoms with E-state index in [-0.39, 0.29) is 5.97 Å². The number of benzene rings is 2. The van der Waals surface area contributed by atoms with Crippen molar-refractivity contribution >= 4 is 28.4 Å². The van der Waals surface area contributed by atoms with Crippen LogP contribution in [-0.2, 0) is 11.2 Å². The standard InChI is InChI=1S/C25H24N6O2/c1-33-25(32)17-8-6-16(7-9-17)23-22(26)24(29-14-28-23)30-19-10-15(11-19)12-21-27-13-18-4-2-3-5-20(18)31-21/h2-9,13-15,19H,10-12,26H2,1H3,(H,28,29,30). The van der Waals surface area contributed by atoms with E-state index in [0.717, 1.165) is 41.6 Å². The van der Waals surface area contributed by atoms with Crippen molar-refractivity contribution in [2.24, 2.45) is 5.92 Å². The van der Waals surface area contributed by atoms with E-state index in [0.29, 0.717) is 34.7 Å². The third kappa shape index (κ3) is 4.32. The molecule has 0 bridgehead atoms. The van der Waals surface area contributed by atoms with Crippen LogP contribution in [0.5, 0.6) is 0 Å². The van der Waals surface area contributed by atoms with E-state index in [1.165, 1.54) is 13.4 Å². The molecule has 166 valence electrons. The summed E-state index contributed by atoms with van der Waals surface area (Å²) >= 11 is 0. The summed E-state index contributed by atoms with van der Waals surface area (Å²) in [5.74, 6) is 1.66. The van der Waals surface area contributed by atoms with Crippen LogP contribution in [0.4, 0.5) is 11.5 Å². The molecule has 8 nitrogen and oxygen atoms in total. The van der Waals surface area contributed by atoms with E-state index in [9.17, 15) is 4.79 Å². The van der Waals surface area contributed by atoms with Gasteiger partial charge in [-0.25, -0.2) is 24.7 Å². The summed E-state index contributed by atoms with van der Waals surface area (Å²) < 4.78 is 4.75. The van der Waals surface area contributed by atoms with Crippen molar-refractivity contribution in [2.75, 3.05) is 18.2 Å². The molecule has 0 spiro atoms. The first-order chi connectivity index (χ1) is 16.1. The third-order valence-electron chi connectivity index (χ3n) is 6.05. The highest BCUT2D eigenvalue weighted by molar-refractivity contribution is 5.90. The Kier molecular flexibility index (Phi) is 5.56. The highest BCUT2D eigenvalue weighted by atomic mass is 16.5. The second kappa shape index (κ2) is 8.82. The predicted molar refractivity (Wildman–Crippen MR) is 127 cm³/mol. The number of aromatic nitrogens is 4. The third-order valence-corrected chi connectivity index (χ3v) is 6.05. The molecule has 2 heterocycles. The summed E-state index contributed by atoms with van der Waals surface area (Å²) in [5, 5.41) is 4.51. The van der Waals surface area contributed by atoms with Crippen LogP contribution in [0.25, 0.3) is 22.2 Å². The number of nitrogens with zero attached hydrogens (tertiary/aromatic N) is 4. The Morgan fingerprint density at radius 1 is 1.09 bits per heavy atom. The largest absolute Gasteiger partial charge is 0.465 e. The van der Waals surface area contributed by atoms with Crippen molar-refractivity contribution in [3.63, 3.8) is 0 Å². The summed E-state index contributed by atoms with van der Waals surface area (Å²) in [6.07, 6.45) is 6.26. The zero-order valence-corrected chi connectivity index (χ0v) is 18.2. The van der Waals surface area contributed by atoms with Crippen LogP contribution < -0.4 is 11.1 Å². The van der Waals surface area contributed by atoms with Crippen molar-refractivity contribution in [3.05, 3.63) is 72.4 Å². The molecule has 33 heavy (non-hydrogen) atoms. The molecule has 5 rings (SSSR count). The Balaban J connectivity index is 1.22. The number of para-hydroxylation sites is 1. The van der Waals surface area contributed by atoms with Gasteiger partial charge in [0.2, 0.25) is 0 Å². The molecule has 0 unspecified atom stereocenters. The fourth-order valence-electron chi connectivity index (χ4n) is 4.20. The summed E-state index contributed by atoms with van der Waals surface area (Å²) in [5.41, 5.74) is 9.77. The number of nitrogens with one attached hydrogen (secondary N) is 1. The van der Waals surface area contributed by atoms with E-state index in [1.807, 2.05) is 30.5 Å². The van der Waals surface area contributed by atoms with Gasteiger partial charge in [0.05, 0.1) is 23.9 Å². The molecule has 1 aliphatic rings. The Hall–Kier alpha value is -4.07. The average molecular weight is 441 g/mol. The minimum absolute atomic E-state index is 0.294. The normalized spacial score (nSPS) is 17.4. The maximum atomic E-state index is 11.7. The van der Waals surface area contributed by atoms with Gasteiger partial charge in [-0.15, -0.1) is 0 Å². The van der Waals surface area contributed by atoms with Gasteiger partial charge in [0, 0.05) is 29.6 Å². The first kappa shape index (κ1) is 20.8. The van der Waals surface area contributed by atoms with Gasteiger partial charge in [0.1, 0.15) is 17.8 Å². The predicted octanol–water partition coefficient (Wildman–Crippen LogP) is 3.89. The van der Waals surface area contributed by atoms with Crippen molar-refractivity contribution < 1.29 is 9.53 Å². The number of fused-ring (bicyclic) bond motifs is 1. The number of rotatable bonds is 6. The number of ether oxygens (including phenoxy) is 1. The van der Waals surface area contributed by atoms with Crippen LogP contribution in [0.1, 0.15) is 29.0 Å². The molecule has 3 N–H and O–H groups in total. The monoisotopic (exact) mass is 440 g/mol. The van der Waals surface area contributed by atoms with Gasteiger partial charge < -0.3 is 15.8 Å². The van der Waals surface area contributed by atoms with E-state index in [2.05, 4.69) is 25.3 Å². The lowest BCUT2D eigenvalue weighted by Gasteiger charge is -2.36. The van der Waals surface area contributed by atoms with Crippen molar-refractivity contribution in [2.45, 2.75) is 25.3 Å². The van der Waals surface area contributed by atoms with E-state index in [4.69, 9.17) is 10.5 Å². The molecule has 2 aromatic carbocycles. The van der Waals surface area contributed by atoms with Gasteiger partial charge in [-0.3, -0.25) is 0 Å². The maximum absolute atomic E-state index is 11.7. The zero-order valence-electron chi connectivity index (χ0n) is 18.2. The second-order valence-corrected chi connectivity index (χ2v) is 8.28. The maximum Gasteiger partial charge on any atom is 0.337 e. The van der Waals surface area contributed by atoms with E-state index >= 15 is 0 Å². The molecular formula is C25H24N6O2. The summed E-state index contributed by atoms with van der Waals surface area (Å²) in [6.45, 7) is 0. The molecule has 2 aromatic heterocycles. The lowest BCUT2D eigenvalue weighted by molar-refractivity contribution is 0.0600. The number of nitrogen functional groups attached to an aromatic ring is 1. The molecule has 0 radical (unpaired) electrons. The number of esters is 1.